The second kappa shape index (κ2) is 4.74. The second-order valence-electron chi connectivity index (χ2n) is 3.15. The lowest BCUT2D eigenvalue weighted by atomic mass is 10.0. The predicted molar refractivity (Wildman–Crippen MR) is 55.4 cm³/mol. The van der Waals surface area contributed by atoms with Crippen molar-refractivity contribution in [2.75, 3.05) is 0 Å². The van der Waals surface area contributed by atoms with Gasteiger partial charge >= 0.3 is 0 Å². The largest absolute Gasteiger partial charge is 0.393 e. The van der Waals surface area contributed by atoms with Crippen molar-refractivity contribution in [2.45, 2.75) is 25.6 Å². The third kappa shape index (κ3) is 3.46. The van der Waals surface area contributed by atoms with Crippen molar-refractivity contribution in [3.05, 3.63) is 34.3 Å². The fourth-order valence-corrected chi connectivity index (χ4v) is 1.41. The van der Waals surface area contributed by atoms with E-state index in [0.29, 0.717) is 6.42 Å². The number of aliphatic hydroxyl groups excluding tert-OH is 2. The number of rotatable bonds is 3. The van der Waals surface area contributed by atoms with Crippen LogP contribution < -0.4 is 0 Å². The van der Waals surface area contributed by atoms with Gasteiger partial charge in [-0.05, 0) is 24.6 Å². The zero-order valence-electron chi connectivity index (χ0n) is 7.44. The average Bonchev–Trinajstić information content (AvgIpc) is 2.04. The molecular formula is C10H13BrO2. The van der Waals surface area contributed by atoms with Crippen molar-refractivity contribution in [3.8, 4) is 0 Å². The predicted octanol–water partition coefficient (Wildman–Crippen LogP) is 2.25. The first-order valence-corrected chi connectivity index (χ1v) is 5.00. The van der Waals surface area contributed by atoms with Crippen molar-refractivity contribution < 1.29 is 10.2 Å². The Hall–Kier alpha value is -0.380. The zero-order valence-corrected chi connectivity index (χ0v) is 9.03. The van der Waals surface area contributed by atoms with E-state index in [4.69, 9.17) is 5.11 Å². The first kappa shape index (κ1) is 10.7. The number of benzene rings is 1. The fourth-order valence-electron chi connectivity index (χ4n) is 1.14. The van der Waals surface area contributed by atoms with Gasteiger partial charge in [-0.2, -0.15) is 0 Å². The molecule has 2 nitrogen and oxygen atoms in total. The van der Waals surface area contributed by atoms with Gasteiger partial charge in [-0.1, -0.05) is 28.1 Å². The molecule has 1 aromatic carbocycles. The van der Waals surface area contributed by atoms with Crippen LogP contribution in [0.3, 0.4) is 0 Å². The van der Waals surface area contributed by atoms with Gasteiger partial charge in [-0.25, -0.2) is 0 Å². The van der Waals surface area contributed by atoms with Crippen LogP contribution in [0.25, 0.3) is 0 Å². The van der Waals surface area contributed by atoms with Gasteiger partial charge in [0.2, 0.25) is 0 Å². The van der Waals surface area contributed by atoms with Crippen LogP contribution in [0.4, 0.5) is 0 Å². The number of hydrogen-bond donors (Lipinski definition) is 2. The highest BCUT2D eigenvalue weighted by Crippen LogP contribution is 2.20. The van der Waals surface area contributed by atoms with E-state index in [-0.39, 0.29) is 0 Å². The van der Waals surface area contributed by atoms with E-state index in [1.165, 1.54) is 0 Å². The minimum absolute atomic E-state index is 0.377. The number of aliphatic hydroxyl groups is 2. The molecule has 0 aromatic heterocycles. The van der Waals surface area contributed by atoms with Crippen molar-refractivity contribution in [2.24, 2.45) is 0 Å². The molecule has 2 atom stereocenters. The van der Waals surface area contributed by atoms with Gasteiger partial charge in [-0.15, -0.1) is 0 Å². The molecule has 2 N–H and O–H groups in total. The summed E-state index contributed by atoms with van der Waals surface area (Å²) in [6, 6.07) is 7.44. The molecule has 72 valence electrons. The molecule has 1 rings (SSSR count). The summed E-state index contributed by atoms with van der Waals surface area (Å²) in [6.45, 7) is 1.67. The van der Waals surface area contributed by atoms with Gasteiger partial charge in [0, 0.05) is 10.9 Å². The summed E-state index contributed by atoms with van der Waals surface area (Å²) in [7, 11) is 0. The smallest absolute Gasteiger partial charge is 0.0814 e. The van der Waals surface area contributed by atoms with Crippen molar-refractivity contribution in [1.29, 1.82) is 0 Å². The van der Waals surface area contributed by atoms with Crippen molar-refractivity contribution >= 4 is 15.9 Å². The second-order valence-corrected chi connectivity index (χ2v) is 4.07. The Kier molecular flexibility index (Phi) is 3.90. The van der Waals surface area contributed by atoms with E-state index >= 15 is 0 Å². The fraction of sp³-hybridized carbons (Fsp3) is 0.400. The van der Waals surface area contributed by atoms with E-state index in [1.54, 1.807) is 6.92 Å². The molecule has 0 saturated heterocycles. The lowest BCUT2D eigenvalue weighted by Gasteiger charge is -2.12. The van der Waals surface area contributed by atoms with Gasteiger partial charge < -0.3 is 10.2 Å². The molecule has 0 aliphatic rings. The van der Waals surface area contributed by atoms with Crippen LogP contribution in [0.15, 0.2) is 28.7 Å². The Morgan fingerprint density at radius 1 is 1.23 bits per heavy atom. The first-order valence-electron chi connectivity index (χ1n) is 4.21. The van der Waals surface area contributed by atoms with Gasteiger partial charge in [-0.3, -0.25) is 0 Å². The van der Waals surface area contributed by atoms with E-state index in [2.05, 4.69) is 15.9 Å². The maximum Gasteiger partial charge on any atom is 0.0814 e. The summed E-state index contributed by atoms with van der Waals surface area (Å²) >= 11 is 3.31. The summed E-state index contributed by atoms with van der Waals surface area (Å²) in [5.41, 5.74) is 0.837. The van der Waals surface area contributed by atoms with Crippen LogP contribution in [-0.4, -0.2) is 16.3 Å². The third-order valence-electron chi connectivity index (χ3n) is 1.82. The first-order chi connectivity index (χ1) is 6.09. The maximum absolute atomic E-state index is 9.61. The minimum Gasteiger partial charge on any atom is -0.393 e. The molecule has 0 spiro atoms. The number of hydrogen-bond acceptors (Lipinski definition) is 2. The highest BCUT2D eigenvalue weighted by molar-refractivity contribution is 9.10. The summed E-state index contributed by atoms with van der Waals surface area (Å²) in [5, 5.41) is 18.7. The minimum atomic E-state index is -0.576. The molecule has 1 aromatic rings. The highest BCUT2D eigenvalue weighted by Gasteiger charge is 2.09. The Balaban J connectivity index is 2.66. The third-order valence-corrected chi connectivity index (χ3v) is 2.35. The average molecular weight is 245 g/mol. The van der Waals surface area contributed by atoms with Gasteiger partial charge in [0.1, 0.15) is 0 Å². The Morgan fingerprint density at radius 3 is 2.23 bits per heavy atom. The lowest BCUT2D eigenvalue weighted by molar-refractivity contribution is 0.0907. The van der Waals surface area contributed by atoms with E-state index in [1.807, 2.05) is 24.3 Å². The molecule has 0 heterocycles. The van der Waals surface area contributed by atoms with Crippen molar-refractivity contribution in [3.63, 3.8) is 0 Å². The molecule has 0 radical (unpaired) electrons. The Labute approximate surface area is 86.3 Å². The summed E-state index contributed by atoms with van der Waals surface area (Å²) < 4.78 is 0.987. The molecule has 13 heavy (non-hydrogen) atoms. The summed E-state index contributed by atoms with van der Waals surface area (Å²) in [4.78, 5) is 0. The number of halogens is 1. The van der Waals surface area contributed by atoms with Crippen LogP contribution in [0.2, 0.25) is 0 Å². The monoisotopic (exact) mass is 244 g/mol. The van der Waals surface area contributed by atoms with Crippen LogP contribution >= 0.6 is 15.9 Å². The van der Waals surface area contributed by atoms with Crippen molar-refractivity contribution in [1.82, 2.24) is 0 Å². The molecule has 0 aliphatic carbocycles. The van der Waals surface area contributed by atoms with Crippen LogP contribution in [0, 0.1) is 0 Å². The van der Waals surface area contributed by atoms with E-state index < -0.39 is 12.2 Å². The molecule has 0 aliphatic heterocycles. The Bertz CT molecular complexity index is 256. The van der Waals surface area contributed by atoms with Crippen LogP contribution in [0.1, 0.15) is 25.0 Å². The zero-order chi connectivity index (χ0) is 9.84. The highest BCUT2D eigenvalue weighted by atomic mass is 79.9. The van der Waals surface area contributed by atoms with Crippen LogP contribution in [0.5, 0.6) is 0 Å². The van der Waals surface area contributed by atoms with Gasteiger partial charge in [0.15, 0.2) is 0 Å². The summed E-state index contributed by atoms with van der Waals surface area (Å²) in [5.74, 6) is 0. The van der Waals surface area contributed by atoms with E-state index in [9.17, 15) is 5.11 Å². The molecule has 0 saturated carbocycles. The molecule has 0 amide bonds. The topological polar surface area (TPSA) is 40.5 Å². The molecule has 0 bridgehead atoms. The van der Waals surface area contributed by atoms with Gasteiger partial charge in [0.05, 0.1) is 12.2 Å². The molecule has 0 fully saturated rings. The lowest BCUT2D eigenvalue weighted by Crippen LogP contribution is -2.07. The summed E-state index contributed by atoms with van der Waals surface area (Å²) in [6.07, 6.45) is -0.673. The quantitative estimate of drug-likeness (QED) is 0.857. The standard InChI is InChI=1S/C10H13BrO2/c1-7(12)6-10(13)8-2-4-9(11)5-3-8/h2-5,7,10,12-13H,6H2,1H3. The van der Waals surface area contributed by atoms with Gasteiger partial charge in [0.25, 0.3) is 0 Å². The maximum atomic E-state index is 9.61. The van der Waals surface area contributed by atoms with Crippen LogP contribution in [-0.2, 0) is 0 Å². The molecule has 3 heteroatoms. The Morgan fingerprint density at radius 2 is 1.77 bits per heavy atom. The SMILES string of the molecule is CC(O)CC(O)c1ccc(Br)cc1. The molecule has 2 unspecified atom stereocenters. The normalized spacial score (nSPS) is 15.4. The molecular weight excluding hydrogens is 232 g/mol. The van der Waals surface area contributed by atoms with E-state index in [0.717, 1.165) is 10.0 Å².